The molecule has 0 amide bonds. The van der Waals surface area contributed by atoms with Crippen LogP contribution in [0.1, 0.15) is 67.3 Å². The van der Waals surface area contributed by atoms with Gasteiger partial charge in [0.2, 0.25) is 0 Å². The molecule has 0 heterocycles. The van der Waals surface area contributed by atoms with E-state index in [9.17, 15) is 5.11 Å². The number of hydrogen-bond donors (Lipinski definition) is 1. The molecule has 0 aliphatic rings. The predicted molar refractivity (Wildman–Crippen MR) is 332 cm³/mol. The van der Waals surface area contributed by atoms with Gasteiger partial charge in [-0.05, 0) is 164 Å². The molecule has 78 heavy (non-hydrogen) atoms. The van der Waals surface area contributed by atoms with Crippen molar-refractivity contribution in [1.82, 2.24) is 0 Å². The van der Waals surface area contributed by atoms with Crippen molar-refractivity contribution >= 4 is 66.4 Å². The molecule has 0 radical (unpaired) electrons. The number of nitrogens with zero attached hydrogens (tertiary/aromatic N) is 2. The van der Waals surface area contributed by atoms with Gasteiger partial charge in [0.05, 0.1) is 29.9 Å². The molecule has 12 aromatic carbocycles. The minimum atomic E-state index is 0.177. The fourth-order valence-corrected chi connectivity index (χ4v) is 12.0. The van der Waals surface area contributed by atoms with Crippen LogP contribution < -0.4 is 14.5 Å². The summed E-state index contributed by atoms with van der Waals surface area (Å²) in [5, 5.41) is 20.1. The molecule has 0 bridgehead atoms. The fraction of sp³-hybridized carbons (Fsp3) is 0.135. The van der Waals surface area contributed by atoms with Gasteiger partial charge in [-0.25, -0.2) is 0 Å². The second kappa shape index (κ2) is 20.4. The second-order valence-corrected chi connectivity index (χ2v) is 21.5. The molecule has 0 atom stereocenters. The largest absolute Gasteiger partial charge is 0.505 e. The lowest BCUT2D eigenvalue weighted by molar-refractivity contribution is 0.417. The summed E-state index contributed by atoms with van der Waals surface area (Å²) in [6, 6.07) is 80.7. The summed E-state index contributed by atoms with van der Waals surface area (Å²) in [6.45, 7) is 15.7. The Kier molecular flexibility index (Phi) is 13.0. The van der Waals surface area contributed by atoms with Gasteiger partial charge in [0.15, 0.2) is 5.75 Å². The molecule has 12 aromatic rings. The van der Waals surface area contributed by atoms with Crippen LogP contribution in [0.3, 0.4) is 0 Å². The zero-order chi connectivity index (χ0) is 53.8. The summed E-state index contributed by atoms with van der Waals surface area (Å²) >= 11 is 0. The minimum absolute atomic E-state index is 0.177. The van der Waals surface area contributed by atoms with Crippen LogP contribution in [0, 0.1) is 20.8 Å². The smallest absolute Gasteiger partial charge is 0.150 e. The average molecular weight is 1010 g/mol. The van der Waals surface area contributed by atoms with Crippen LogP contribution in [-0.2, 0) is 0 Å². The van der Waals surface area contributed by atoms with Crippen LogP contribution in [0.2, 0.25) is 0 Å². The van der Waals surface area contributed by atoms with Crippen molar-refractivity contribution in [2.45, 2.75) is 60.3 Å². The molecule has 0 spiro atoms. The number of aryl methyl sites for hydroxylation is 3. The van der Waals surface area contributed by atoms with Gasteiger partial charge in [-0.1, -0.05) is 203 Å². The summed E-state index contributed by atoms with van der Waals surface area (Å²) in [7, 11) is 1.80. The van der Waals surface area contributed by atoms with E-state index in [1.54, 1.807) is 7.11 Å². The highest BCUT2D eigenvalue weighted by Crippen LogP contribution is 2.54. The van der Waals surface area contributed by atoms with Crippen LogP contribution >= 0.6 is 0 Å². The number of benzene rings is 12. The first-order valence-corrected chi connectivity index (χ1v) is 27.3. The first-order chi connectivity index (χ1) is 38.0. The zero-order valence-electron chi connectivity index (χ0n) is 45.8. The number of rotatable bonds is 13. The van der Waals surface area contributed by atoms with E-state index in [2.05, 4.69) is 277 Å². The van der Waals surface area contributed by atoms with Crippen molar-refractivity contribution in [1.29, 1.82) is 0 Å². The maximum atomic E-state index is 12.9. The standard InChI is InChI=1S/C74H64N2O2/c1-46(2)64-44-69(75(56-36-34-48(5)35-37-56)68-33-19-30-59(74(68)78-8)55-27-16-24-52(42-55)51-22-10-9-11-23-51)62-40-38-61-65(47(3)4)45-70(63-41-39-60(64)71(62)72(61)63)76(66-31-15-13-21-50(66)7)67-32-18-29-58(73(67)77)54-26-17-25-53(43-54)57-28-14-12-20-49(57)6/h9-47,77H,1-8H3. The van der Waals surface area contributed by atoms with Crippen LogP contribution in [0.15, 0.2) is 224 Å². The van der Waals surface area contributed by atoms with E-state index in [0.29, 0.717) is 5.69 Å². The fourth-order valence-electron chi connectivity index (χ4n) is 12.0. The SMILES string of the molecule is COc1c(-c2cccc(-c3ccccc3)c2)cccc1N(c1ccc(C)cc1)c1cc(C(C)C)c2ccc3c(N(c4ccccc4C)c4cccc(-c5cccc(-c6ccccc6C)c5)c4O)cc(C(C)C)c4ccc1c2c43. The molecule has 0 aliphatic carbocycles. The first kappa shape index (κ1) is 49.7. The minimum Gasteiger partial charge on any atom is -0.505 e. The lowest BCUT2D eigenvalue weighted by Gasteiger charge is -2.33. The first-order valence-electron chi connectivity index (χ1n) is 27.3. The summed E-state index contributed by atoms with van der Waals surface area (Å²) in [5.74, 6) is 1.39. The highest BCUT2D eigenvalue weighted by atomic mass is 16.5. The molecule has 0 saturated carbocycles. The van der Waals surface area contributed by atoms with Gasteiger partial charge in [0.1, 0.15) is 5.75 Å². The van der Waals surface area contributed by atoms with Gasteiger partial charge in [-0.2, -0.15) is 0 Å². The van der Waals surface area contributed by atoms with Gasteiger partial charge in [0, 0.05) is 33.3 Å². The molecule has 0 aromatic heterocycles. The lowest BCUT2D eigenvalue weighted by atomic mass is 9.84. The van der Waals surface area contributed by atoms with Crippen molar-refractivity contribution in [2.75, 3.05) is 16.9 Å². The maximum Gasteiger partial charge on any atom is 0.150 e. The number of phenols is 1. The van der Waals surface area contributed by atoms with Crippen molar-refractivity contribution in [3.63, 3.8) is 0 Å². The Morgan fingerprint density at radius 1 is 0.359 bits per heavy atom. The zero-order valence-corrected chi connectivity index (χ0v) is 45.8. The molecule has 4 heteroatoms. The highest BCUT2D eigenvalue weighted by Gasteiger charge is 2.29. The van der Waals surface area contributed by atoms with E-state index in [1.165, 1.54) is 54.9 Å². The van der Waals surface area contributed by atoms with E-state index in [1.807, 2.05) is 6.07 Å². The van der Waals surface area contributed by atoms with Crippen molar-refractivity contribution in [2.24, 2.45) is 0 Å². The molecule has 382 valence electrons. The Labute approximate surface area is 459 Å². The molecular formula is C74H64N2O2. The number of hydrogen-bond acceptors (Lipinski definition) is 4. The molecular weight excluding hydrogens is 949 g/mol. The number of anilines is 6. The summed E-state index contributed by atoms with van der Waals surface area (Å²) < 4.78 is 6.61. The van der Waals surface area contributed by atoms with E-state index >= 15 is 0 Å². The average Bonchev–Trinajstić information content (AvgIpc) is 3.64. The Balaban J connectivity index is 1.12. The number of phenolic OH excluding ortho intramolecular Hbond substituents is 1. The molecule has 12 rings (SSSR count). The van der Waals surface area contributed by atoms with Crippen molar-refractivity contribution in [3.8, 4) is 56.0 Å². The normalized spacial score (nSPS) is 11.6. The molecule has 1 N–H and O–H groups in total. The van der Waals surface area contributed by atoms with Gasteiger partial charge < -0.3 is 19.6 Å². The van der Waals surface area contributed by atoms with Crippen molar-refractivity contribution < 1.29 is 9.84 Å². The van der Waals surface area contributed by atoms with Gasteiger partial charge >= 0.3 is 0 Å². The number of methoxy groups -OCH3 is 1. The third-order valence-corrected chi connectivity index (χ3v) is 15.9. The van der Waals surface area contributed by atoms with E-state index in [0.717, 1.165) is 83.9 Å². The van der Waals surface area contributed by atoms with Crippen LogP contribution in [-0.4, -0.2) is 12.2 Å². The number of ether oxygens (including phenoxy) is 1. The summed E-state index contributed by atoms with van der Waals surface area (Å²) in [6.07, 6.45) is 0. The third kappa shape index (κ3) is 8.68. The summed E-state index contributed by atoms with van der Waals surface area (Å²) in [4.78, 5) is 4.73. The van der Waals surface area contributed by atoms with E-state index in [-0.39, 0.29) is 17.6 Å². The summed E-state index contributed by atoms with van der Waals surface area (Å²) in [5.41, 5.74) is 20.2. The van der Waals surface area contributed by atoms with Crippen LogP contribution in [0.4, 0.5) is 34.1 Å². The topological polar surface area (TPSA) is 35.9 Å². The van der Waals surface area contributed by atoms with Gasteiger partial charge in [-0.3, -0.25) is 0 Å². The Morgan fingerprint density at radius 3 is 1.44 bits per heavy atom. The molecule has 0 unspecified atom stereocenters. The molecule has 0 saturated heterocycles. The van der Waals surface area contributed by atoms with Gasteiger partial charge in [-0.15, -0.1) is 0 Å². The Morgan fingerprint density at radius 2 is 0.821 bits per heavy atom. The molecule has 0 fully saturated rings. The molecule has 0 aliphatic heterocycles. The Hall–Kier alpha value is -9.12. The van der Waals surface area contributed by atoms with E-state index < -0.39 is 0 Å². The maximum absolute atomic E-state index is 12.9. The monoisotopic (exact) mass is 1010 g/mol. The lowest BCUT2D eigenvalue weighted by Crippen LogP contribution is -2.14. The van der Waals surface area contributed by atoms with Crippen LogP contribution in [0.25, 0.3) is 76.8 Å². The van der Waals surface area contributed by atoms with Crippen LogP contribution in [0.5, 0.6) is 11.5 Å². The molecule has 4 nitrogen and oxygen atoms in total. The highest BCUT2D eigenvalue weighted by molar-refractivity contribution is 6.29. The van der Waals surface area contributed by atoms with E-state index in [4.69, 9.17) is 4.74 Å². The van der Waals surface area contributed by atoms with Gasteiger partial charge in [0.25, 0.3) is 0 Å². The third-order valence-electron chi connectivity index (χ3n) is 15.9. The quantitative estimate of drug-likeness (QED) is 0.117. The number of aromatic hydroxyl groups is 1. The second-order valence-electron chi connectivity index (χ2n) is 21.5. The Bertz CT molecular complexity index is 4190. The van der Waals surface area contributed by atoms with Crippen molar-refractivity contribution in [3.05, 3.63) is 252 Å². The number of para-hydroxylation sites is 3. The predicted octanol–water partition coefficient (Wildman–Crippen LogP) is 21.1.